The molecule has 3 N–H and O–H groups in total. The van der Waals surface area contributed by atoms with Crippen LogP contribution in [0.25, 0.3) is 16.6 Å². The average Bonchev–Trinajstić information content (AvgIpc) is 2.91. The van der Waals surface area contributed by atoms with Gasteiger partial charge in [-0.3, -0.25) is 9.36 Å². The molecule has 0 saturated heterocycles. The van der Waals surface area contributed by atoms with Gasteiger partial charge in [0.1, 0.15) is 40.9 Å². The summed E-state index contributed by atoms with van der Waals surface area (Å²) in [6, 6.07) is 17.3. The highest BCUT2D eigenvalue weighted by Crippen LogP contribution is 2.21. The highest BCUT2D eigenvalue weighted by atomic mass is 35.5. The van der Waals surface area contributed by atoms with Gasteiger partial charge in [-0.25, -0.2) is 24.3 Å². The fourth-order valence-electron chi connectivity index (χ4n) is 3.94. The number of anilines is 2. The Morgan fingerprint density at radius 3 is 2.63 bits per heavy atom. The van der Waals surface area contributed by atoms with E-state index in [2.05, 4.69) is 32.1 Å². The predicted molar refractivity (Wildman–Crippen MR) is 146 cm³/mol. The molecule has 0 atom stereocenters. The number of hydrogen-bond acceptors (Lipinski definition) is 7. The molecule has 0 aliphatic rings. The van der Waals surface area contributed by atoms with Gasteiger partial charge in [-0.05, 0) is 49.2 Å². The van der Waals surface area contributed by atoms with Crippen LogP contribution in [-0.2, 0) is 6.42 Å². The normalized spacial score (nSPS) is 10.7. The Morgan fingerprint density at radius 1 is 1.03 bits per heavy atom. The lowest BCUT2D eigenvalue weighted by atomic mass is 10.2. The Balaban J connectivity index is 1.46. The van der Waals surface area contributed by atoms with Gasteiger partial charge in [0.05, 0.1) is 27.3 Å². The number of para-hydroxylation sites is 1. The minimum Gasteiger partial charge on any atom is -0.382 e. The van der Waals surface area contributed by atoms with Crippen molar-refractivity contribution in [1.29, 1.82) is 0 Å². The van der Waals surface area contributed by atoms with Crippen LogP contribution in [0.2, 0.25) is 5.02 Å². The Bertz CT molecular complexity index is 1780. The second-order valence-corrected chi connectivity index (χ2v) is 8.72. The number of fused-ring (bicyclic) bond motifs is 1. The highest BCUT2D eigenvalue weighted by molar-refractivity contribution is 6.35. The maximum absolute atomic E-state index is 13.5. The lowest BCUT2D eigenvalue weighted by Crippen LogP contribution is -2.25. The van der Waals surface area contributed by atoms with Crippen molar-refractivity contribution in [2.24, 2.45) is 0 Å². The third-order valence-corrected chi connectivity index (χ3v) is 6.10. The summed E-state index contributed by atoms with van der Waals surface area (Å²) in [6.07, 6.45) is 1.71. The van der Waals surface area contributed by atoms with E-state index in [0.29, 0.717) is 57.5 Å². The van der Waals surface area contributed by atoms with E-state index in [-0.39, 0.29) is 17.1 Å². The molecule has 0 unspecified atom stereocenters. The minimum absolute atomic E-state index is 0.188. The Hall–Kier alpha value is -4.81. The molecular weight excluding hydrogens is 505 g/mol. The summed E-state index contributed by atoms with van der Waals surface area (Å²) in [6.45, 7) is 1.93. The molecular formula is C28H21ClFN7O. The van der Waals surface area contributed by atoms with Crippen molar-refractivity contribution in [2.45, 2.75) is 13.3 Å². The van der Waals surface area contributed by atoms with Crippen LogP contribution in [0.3, 0.4) is 0 Å². The Labute approximate surface area is 222 Å². The van der Waals surface area contributed by atoms with Gasteiger partial charge in [0.15, 0.2) is 0 Å². The monoisotopic (exact) mass is 525 g/mol. The van der Waals surface area contributed by atoms with E-state index in [1.54, 1.807) is 29.7 Å². The molecule has 0 saturated carbocycles. The Kier molecular flexibility index (Phi) is 6.98. The number of nitrogens with two attached hydrogens (primary N) is 1. The van der Waals surface area contributed by atoms with Crippen LogP contribution in [0, 0.1) is 24.6 Å². The van der Waals surface area contributed by atoms with Gasteiger partial charge in [0.2, 0.25) is 0 Å². The summed E-state index contributed by atoms with van der Waals surface area (Å²) >= 11 is 6.35. The second kappa shape index (κ2) is 10.7. The van der Waals surface area contributed by atoms with Gasteiger partial charge in [-0.2, -0.15) is 0 Å². The van der Waals surface area contributed by atoms with Crippen molar-refractivity contribution in [3.8, 4) is 17.5 Å². The fourth-order valence-corrected chi connectivity index (χ4v) is 4.19. The molecule has 0 fully saturated rings. The van der Waals surface area contributed by atoms with Crippen LogP contribution < -0.4 is 16.6 Å². The average molecular weight is 526 g/mol. The molecule has 38 heavy (non-hydrogen) atoms. The topological polar surface area (TPSA) is 112 Å². The number of pyridine rings is 1. The summed E-state index contributed by atoms with van der Waals surface area (Å²) < 4.78 is 15.1. The molecule has 3 aromatic heterocycles. The summed E-state index contributed by atoms with van der Waals surface area (Å²) in [7, 11) is 0. The quantitative estimate of drug-likeness (QED) is 0.329. The predicted octanol–water partition coefficient (Wildman–Crippen LogP) is 4.31. The number of aryl methyl sites for hydroxylation is 1. The maximum Gasteiger partial charge on any atom is 0.267 e. The van der Waals surface area contributed by atoms with E-state index in [0.717, 1.165) is 0 Å². The molecule has 0 radical (unpaired) electrons. The highest BCUT2D eigenvalue weighted by Gasteiger charge is 2.15. The molecule has 188 valence electrons. The molecule has 5 rings (SSSR count). The minimum atomic E-state index is -0.404. The van der Waals surface area contributed by atoms with Gasteiger partial charge in [0, 0.05) is 13.0 Å². The van der Waals surface area contributed by atoms with Crippen molar-refractivity contribution in [3.05, 3.63) is 111 Å². The van der Waals surface area contributed by atoms with Crippen molar-refractivity contribution < 1.29 is 4.39 Å². The standard InChI is InChI=1S/C28H21ClFN7O/c1-17-22(30)13-11-18(35-17)10-12-20-26(31)33-16-34-27(20)32-15-14-24-36-23-9-5-8-21(29)25(23)28(38)37(24)19-6-3-2-4-7-19/h2-9,11,13,16H,14-15H2,1H3,(H3,31,32,33,34). The van der Waals surface area contributed by atoms with E-state index >= 15 is 0 Å². The van der Waals surface area contributed by atoms with Crippen molar-refractivity contribution in [2.75, 3.05) is 17.6 Å². The fraction of sp³-hybridized carbons (Fsp3) is 0.107. The maximum atomic E-state index is 13.5. The molecule has 0 spiro atoms. The van der Waals surface area contributed by atoms with Crippen LogP contribution in [0.15, 0.2) is 71.8 Å². The number of nitrogens with zero attached hydrogens (tertiary/aromatic N) is 5. The molecule has 10 heteroatoms. The van der Waals surface area contributed by atoms with E-state index < -0.39 is 5.82 Å². The molecule has 0 aliphatic heterocycles. The first-order valence-corrected chi connectivity index (χ1v) is 12.1. The van der Waals surface area contributed by atoms with Gasteiger partial charge >= 0.3 is 0 Å². The van der Waals surface area contributed by atoms with Crippen LogP contribution in [0.4, 0.5) is 16.0 Å². The van der Waals surface area contributed by atoms with Crippen molar-refractivity contribution in [1.82, 2.24) is 24.5 Å². The number of aromatic nitrogens is 5. The molecule has 8 nitrogen and oxygen atoms in total. The Morgan fingerprint density at radius 2 is 1.84 bits per heavy atom. The number of hydrogen-bond donors (Lipinski definition) is 2. The van der Waals surface area contributed by atoms with Crippen LogP contribution in [-0.4, -0.2) is 31.0 Å². The third-order valence-electron chi connectivity index (χ3n) is 5.79. The summed E-state index contributed by atoms with van der Waals surface area (Å²) in [5, 5.41) is 3.93. The molecule has 0 aliphatic carbocycles. The summed E-state index contributed by atoms with van der Waals surface area (Å²) in [4.78, 5) is 30.7. The number of halogens is 2. The summed E-state index contributed by atoms with van der Waals surface area (Å²) in [5.74, 6) is 6.57. The van der Waals surface area contributed by atoms with Crippen molar-refractivity contribution in [3.63, 3.8) is 0 Å². The molecule has 3 heterocycles. The largest absolute Gasteiger partial charge is 0.382 e. The lowest BCUT2D eigenvalue weighted by molar-refractivity contribution is 0.609. The van der Waals surface area contributed by atoms with Crippen LogP contribution in [0.1, 0.15) is 22.8 Å². The zero-order valence-electron chi connectivity index (χ0n) is 20.2. The molecule has 2 aromatic carbocycles. The van der Waals surface area contributed by atoms with Gasteiger partial charge in [-0.15, -0.1) is 0 Å². The number of nitrogens with one attached hydrogen (secondary N) is 1. The first-order chi connectivity index (χ1) is 18.4. The zero-order valence-corrected chi connectivity index (χ0v) is 21.0. The number of nitrogen functional groups attached to an aromatic ring is 1. The van der Waals surface area contributed by atoms with E-state index in [1.165, 1.54) is 18.5 Å². The third kappa shape index (κ3) is 5.03. The number of benzene rings is 2. The molecule has 0 bridgehead atoms. The van der Waals surface area contributed by atoms with E-state index in [9.17, 15) is 9.18 Å². The van der Waals surface area contributed by atoms with E-state index in [1.807, 2.05) is 30.3 Å². The lowest BCUT2D eigenvalue weighted by Gasteiger charge is -2.15. The smallest absolute Gasteiger partial charge is 0.267 e. The summed E-state index contributed by atoms with van der Waals surface area (Å²) in [5.41, 5.74) is 8.05. The first kappa shape index (κ1) is 24.9. The van der Waals surface area contributed by atoms with Crippen LogP contribution >= 0.6 is 11.6 Å². The molecule has 0 amide bonds. The number of rotatable bonds is 5. The van der Waals surface area contributed by atoms with Gasteiger partial charge in [0.25, 0.3) is 5.56 Å². The first-order valence-electron chi connectivity index (χ1n) is 11.7. The van der Waals surface area contributed by atoms with Crippen molar-refractivity contribution >= 4 is 34.1 Å². The second-order valence-electron chi connectivity index (χ2n) is 8.31. The SMILES string of the molecule is Cc1nc(C#Cc2c(N)ncnc2NCCc2nc3cccc(Cl)c3c(=O)n2-c2ccccc2)ccc1F. The zero-order chi connectivity index (χ0) is 26.6. The van der Waals surface area contributed by atoms with Gasteiger partial charge < -0.3 is 11.1 Å². The molecule has 5 aromatic rings. The van der Waals surface area contributed by atoms with E-state index in [4.69, 9.17) is 22.3 Å². The van der Waals surface area contributed by atoms with Gasteiger partial charge in [-0.1, -0.05) is 41.8 Å². The van der Waals surface area contributed by atoms with Crippen LogP contribution in [0.5, 0.6) is 0 Å².